The van der Waals surface area contributed by atoms with E-state index in [4.69, 9.17) is 16.0 Å². The monoisotopic (exact) mass is 278 g/mol. The van der Waals surface area contributed by atoms with Gasteiger partial charge in [0.2, 0.25) is 0 Å². The highest BCUT2D eigenvalue weighted by Crippen LogP contribution is 2.15. The van der Waals surface area contributed by atoms with Crippen LogP contribution in [0.15, 0.2) is 47.1 Å². The molecule has 2 rings (SSSR count). The SMILES string of the molecule is C[C@H](NC(=O)NCc1ccco1)c1ccc(Cl)cc1. The Balaban J connectivity index is 1.83. The van der Waals surface area contributed by atoms with Gasteiger partial charge in [0.1, 0.15) is 5.76 Å². The fraction of sp³-hybridized carbons (Fsp3) is 0.214. The summed E-state index contributed by atoms with van der Waals surface area (Å²) in [5.41, 5.74) is 0.998. The minimum absolute atomic E-state index is 0.0890. The Morgan fingerprint density at radius 1 is 1.32 bits per heavy atom. The van der Waals surface area contributed by atoms with Crippen LogP contribution in [0.4, 0.5) is 4.79 Å². The molecule has 1 heterocycles. The van der Waals surface area contributed by atoms with E-state index in [-0.39, 0.29) is 12.1 Å². The standard InChI is InChI=1S/C14H15ClN2O2/c1-10(11-4-6-12(15)7-5-11)17-14(18)16-9-13-3-2-8-19-13/h2-8,10H,9H2,1H3,(H2,16,17,18)/t10-/m0/s1. The van der Waals surface area contributed by atoms with Gasteiger partial charge in [-0.25, -0.2) is 4.79 Å². The number of carbonyl (C=O) groups is 1. The number of halogens is 1. The zero-order valence-corrected chi connectivity index (χ0v) is 11.3. The van der Waals surface area contributed by atoms with Crippen molar-refractivity contribution in [3.05, 3.63) is 59.0 Å². The minimum Gasteiger partial charge on any atom is -0.467 e. The first-order valence-corrected chi connectivity index (χ1v) is 6.35. The third-order valence-electron chi connectivity index (χ3n) is 2.72. The second-order valence-electron chi connectivity index (χ2n) is 4.18. The maximum Gasteiger partial charge on any atom is 0.315 e. The Morgan fingerprint density at radius 3 is 2.68 bits per heavy atom. The highest BCUT2D eigenvalue weighted by Gasteiger charge is 2.09. The summed E-state index contributed by atoms with van der Waals surface area (Å²) in [4.78, 5) is 11.7. The van der Waals surface area contributed by atoms with Crippen molar-refractivity contribution in [2.24, 2.45) is 0 Å². The molecule has 1 aromatic carbocycles. The van der Waals surface area contributed by atoms with Crippen LogP contribution in [0.25, 0.3) is 0 Å². The van der Waals surface area contributed by atoms with E-state index in [1.54, 1.807) is 24.5 Å². The molecular formula is C14H15ClN2O2. The number of urea groups is 1. The lowest BCUT2D eigenvalue weighted by atomic mass is 10.1. The second kappa shape index (κ2) is 6.29. The van der Waals surface area contributed by atoms with Gasteiger partial charge in [-0.2, -0.15) is 0 Å². The number of benzene rings is 1. The van der Waals surface area contributed by atoms with E-state index in [0.717, 1.165) is 5.56 Å². The van der Waals surface area contributed by atoms with E-state index in [9.17, 15) is 4.79 Å². The summed E-state index contributed by atoms with van der Waals surface area (Å²) < 4.78 is 5.13. The number of carbonyl (C=O) groups excluding carboxylic acids is 1. The van der Waals surface area contributed by atoms with Crippen molar-refractivity contribution in [2.45, 2.75) is 19.5 Å². The normalized spacial score (nSPS) is 11.9. The molecule has 0 aliphatic rings. The maximum absolute atomic E-state index is 11.7. The highest BCUT2D eigenvalue weighted by atomic mass is 35.5. The van der Waals surface area contributed by atoms with Gasteiger partial charge in [-0.15, -0.1) is 0 Å². The summed E-state index contributed by atoms with van der Waals surface area (Å²) in [7, 11) is 0. The molecule has 0 spiro atoms. The number of hydrogen-bond acceptors (Lipinski definition) is 2. The molecule has 4 nitrogen and oxygen atoms in total. The Morgan fingerprint density at radius 2 is 2.05 bits per heavy atom. The quantitative estimate of drug-likeness (QED) is 0.899. The molecule has 2 amide bonds. The predicted molar refractivity (Wildman–Crippen MR) is 73.9 cm³/mol. The average molecular weight is 279 g/mol. The molecular weight excluding hydrogens is 264 g/mol. The molecule has 100 valence electrons. The van der Waals surface area contributed by atoms with Crippen LogP contribution >= 0.6 is 11.6 Å². The fourth-order valence-corrected chi connectivity index (χ4v) is 1.79. The summed E-state index contributed by atoms with van der Waals surface area (Å²) in [6, 6.07) is 10.6. The van der Waals surface area contributed by atoms with Crippen LogP contribution in [0.3, 0.4) is 0 Å². The number of hydrogen-bond donors (Lipinski definition) is 2. The lowest BCUT2D eigenvalue weighted by molar-refractivity contribution is 0.236. The third kappa shape index (κ3) is 4.03. The van der Waals surface area contributed by atoms with Crippen molar-refractivity contribution >= 4 is 17.6 Å². The molecule has 0 aliphatic carbocycles. The second-order valence-corrected chi connectivity index (χ2v) is 4.62. The number of amides is 2. The van der Waals surface area contributed by atoms with Crippen molar-refractivity contribution in [1.29, 1.82) is 0 Å². The molecule has 0 aliphatic heterocycles. The van der Waals surface area contributed by atoms with Gasteiger partial charge in [0.15, 0.2) is 0 Å². The first kappa shape index (κ1) is 13.5. The van der Waals surface area contributed by atoms with Gasteiger partial charge in [-0.1, -0.05) is 23.7 Å². The van der Waals surface area contributed by atoms with E-state index in [0.29, 0.717) is 17.3 Å². The Bertz CT molecular complexity index is 523. The summed E-state index contributed by atoms with van der Waals surface area (Å²) >= 11 is 5.82. The molecule has 0 unspecified atom stereocenters. The largest absolute Gasteiger partial charge is 0.467 e. The summed E-state index contributed by atoms with van der Waals surface area (Å²) in [5.74, 6) is 0.717. The van der Waals surface area contributed by atoms with E-state index < -0.39 is 0 Å². The molecule has 0 radical (unpaired) electrons. The van der Waals surface area contributed by atoms with Crippen molar-refractivity contribution < 1.29 is 9.21 Å². The van der Waals surface area contributed by atoms with Crippen molar-refractivity contribution in [3.8, 4) is 0 Å². The summed E-state index contributed by atoms with van der Waals surface area (Å²) in [6.45, 7) is 2.28. The van der Waals surface area contributed by atoms with Gasteiger partial charge in [0, 0.05) is 5.02 Å². The highest BCUT2D eigenvalue weighted by molar-refractivity contribution is 6.30. The smallest absolute Gasteiger partial charge is 0.315 e. The van der Waals surface area contributed by atoms with Crippen LogP contribution in [0.1, 0.15) is 24.3 Å². The van der Waals surface area contributed by atoms with Gasteiger partial charge in [0.25, 0.3) is 0 Å². The molecule has 0 saturated carbocycles. The van der Waals surface area contributed by atoms with Crippen LogP contribution in [0.5, 0.6) is 0 Å². The van der Waals surface area contributed by atoms with E-state index in [2.05, 4.69) is 10.6 Å². The number of rotatable bonds is 4. The van der Waals surface area contributed by atoms with Gasteiger partial charge < -0.3 is 15.1 Å². The van der Waals surface area contributed by atoms with Crippen LogP contribution < -0.4 is 10.6 Å². The molecule has 1 aromatic heterocycles. The molecule has 2 N–H and O–H groups in total. The zero-order chi connectivity index (χ0) is 13.7. The minimum atomic E-state index is -0.237. The van der Waals surface area contributed by atoms with Gasteiger partial charge in [-0.05, 0) is 36.8 Å². The van der Waals surface area contributed by atoms with Crippen molar-refractivity contribution in [2.75, 3.05) is 0 Å². The van der Waals surface area contributed by atoms with Gasteiger partial charge in [0.05, 0.1) is 18.8 Å². The molecule has 1 atom stereocenters. The molecule has 19 heavy (non-hydrogen) atoms. The van der Waals surface area contributed by atoms with Gasteiger partial charge >= 0.3 is 6.03 Å². The Kier molecular flexibility index (Phi) is 4.47. The van der Waals surface area contributed by atoms with E-state index in [1.165, 1.54) is 0 Å². The van der Waals surface area contributed by atoms with Crippen LogP contribution in [-0.2, 0) is 6.54 Å². The molecule has 0 saturated heterocycles. The van der Waals surface area contributed by atoms with Crippen molar-refractivity contribution in [1.82, 2.24) is 10.6 Å². The molecule has 5 heteroatoms. The van der Waals surface area contributed by atoms with Crippen molar-refractivity contribution in [3.63, 3.8) is 0 Å². The number of furan rings is 1. The van der Waals surface area contributed by atoms with Crippen LogP contribution in [0, 0.1) is 0 Å². The Labute approximate surface area is 116 Å². The van der Waals surface area contributed by atoms with E-state index in [1.807, 2.05) is 25.1 Å². The average Bonchev–Trinajstić information content (AvgIpc) is 2.90. The lowest BCUT2D eigenvalue weighted by Crippen LogP contribution is -2.36. The molecule has 0 bridgehead atoms. The number of nitrogens with one attached hydrogen (secondary N) is 2. The molecule has 0 fully saturated rings. The lowest BCUT2D eigenvalue weighted by Gasteiger charge is -2.14. The van der Waals surface area contributed by atoms with Crippen LogP contribution in [-0.4, -0.2) is 6.03 Å². The first-order valence-electron chi connectivity index (χ1n) is 5.97. The Hall–Kier alpha value is -1.94. The molecule has 2 aromatic rings. The maximum atomic E-state index is 11.7. The van der Waals surface area contributed by atoms with E-state index >= 15 is 0 Å². The topological polar surface area (TPSA) is 54.3 Å². The van der Waals surface area contributed by atoms with Gasteiger partial charge in [-0.3, -0.25) is 0 Å². The summed E-state index contributed by atoms with van der Waals surface area (Å²) in [6.07, 6.45) is 1.57. The fourth-order valence-electron chi connectivity index (χ4n) is 1.66. The first-order chi connectivity index (χ1) is 9.15. The predicted octanol–water partition coefficient (Wildman–Crippen LogP) is 3.49. The summed E-state index contributed by atoms with van der Waals surface area (Å²) in [5, 5.41) is 6.25. The third-order valence-corrected chi connectivity index (χ3v) is 2.97. The van der Waals surface area contributed by atoms with Crippen LogP contribution in [0.2, 0.25) is 5.02 Å². The zero-order valence-electron chi connectivity index (χ0n) is 10.5.